The number of rotatable bonds is 3. The highest BCUT2D eigenvalue weighted by atomic mass is 14.0. The molecule has 0 rings (SSSR count). The number of hydrogen-bond donors (Lipinski definition) is 0. The third kappa shape index (κ3) is 2.31. The maximum atomic E-state index is 3.83. The summed E-state index contributed by atoms with van der Waals surface area (Å²) in [6.45, 7) is 15.4. The van der Waals surface area contributed by atoms with E-state index < -0.39 is 0 Å². The largest absolute Gasteiger partial charge is 0.0955 e. The van der Waals surface area contributed by atoms with Gasteiger partial charge in [0.1, 0.15) is 0 Å². The van der Waals surface area contributed by atoms with Gasteiger partial charge in [0, 0.05) is 0 Å². The van der Waals surface area contributed by atoms with E-state index >= 15 is 0 Å². The van der Waals surface area contributed by atoms with E-state index in [0.717, 1.165) is 23.1 Å². The zero-order valence-electron chi connectivity index (χ0n) is 6.33. The summed E-state index contributed by atoms with van der Waals surface area (Å²) >= 11 is 0. The summed E-state index contributed by atoms with van der Waals surface area (Å²) < 4.78 is 0. The van der Waals surface area contributed by atoms with Gasteiger partial charge < -0.3 is 0 Å². The van der Waals surface area contributed by atoms with Crippen molar-refractivity contribution in [2.24, 2.45) is 0 Å². The van der Waals surface area contributed by atoms with Gasteiger partial charge in [-0.15, -0.1) is 0 Å². The maximum absolute atomic E-state index is 3.83. The van der Waals surface area contributed by atoms with E-state index in [0.29, 0.717) is 0 Å². The van der Waals surface area contributed by atoms with Crippen LogP contribution in [0.5, 0.6) is 0 Å². The lowest BCUT2D eigenvalue weighted by atomic mass is 10.0. The molecule has 0 saturated heterocycles. The van der Waals surface area contributed by atoms with Gasteiger partial charge in [0.25, 0.3) is 0 Å². The van der Waals surface area contributed by atoms with Gasteiger partial charge in [0.05, 0.1) is 0 Å². The predicted octanol–water partition coefficient (Wildman–Crippen LogP) is 3.08. The molecule has 0 heteroatoms. The van der Waals surface area contributed by atoms with Crippen molar-refractivity contribution in [3.05, 3.63) is 36.5 Å². The fourth-order valence-corrected chi connectivity index (χ4v) is 0.515. The summed E-state index contributed by atoms with van der Waals surface area (Å²) in [5.74, 6) is 0. The van der Waals surface area contributed by atoms with E-state index in [1.807, 2.05) is 6.92 Å². The van der Waals surface area contributed by atoms with Gasteiger partial charge in [0.15, 0.2) is 0 Å². The van der Waals surface area contributed by atoms with E-state index in [9.17, 15) is 0 Å². The normalized spacial score (nSPS) is 8.67. The highest BCUT2D eigenvalue weighted by Gasteiger charge is 1.95. The molecular weight excluding hydrogens is 108 g/mol. The van der Waals surface area contributed by atoms with Crippen molar-refractivity contribution in [2.45, 2.75) is 20.3 Å². The lowest BCUT2D eigenvalue weighted by molar-refractivity contribution is 1.12. The summed E-state index contributed by atoms with van der Waals surface area (Å²) in [5, 5.41) is 0. The van der Waals surface area contributed by atoms with Crippen LogP contribution in [0.15, 0.2) is 36.5 Å². The summed E-state index contributed by atoms with van der Waals surface area (Å²) in [4.78, 5) is 0. The minimum absolute atomic E-state index is 0.964. The van der Waals surface area contributed by atoms with Crippen LogP contribution in [0.25, 0.3) is 0 Å². The Kier molecular flexibility index (Phi) is 3.00. The van der Waals surface area contributed by atoms with Crippen LogP contribution < -0.4 is 0 Å². The van der Waals surface area contributed by atoms with Gasteiger partial charge in [-0.1, -0.05) is 32.2 Å². The Morgan fingerprint density at radius 3 is 1.78 bits per heavy atom. The summed E-state index contributed by atoms with van der Waals surface area (Å²) in [6.07, 6.45) is 0.964. The second-order valence-corrected chi connectivity index (χ2v) is 2.22. The van der Waals surface area contributed by atoms with E-state index in [2.05, 4.69) is 26.7 Å². The molecule has 0 aliphatic rings. The summed E-state index contributed by atoms with van der Waals surface area (Å²) in [7, 11) is 0. The molecule has 0 fully saturated rings. The molecular formula is C9H14. The molecule has 0 aliphatic heterocycles. The van der Waals surface area contributed by atoms with Crippen LogP contribution in [0.4, 0.5) is 0 Å². The molecule has 0 amide bonds. The van der Waals surface area contributed by atoms with E-state index in [1.54, 1.807) is 0 Å². The Hall–Kier alpha value is -0.780. The zero-order chi connectivity index (χ0) is 7.44. The smallest absolute Gasteiger partial charge is 0.0279 e. The Labute approximate surface area is 57.6 Å². The van der Waals surface area contributed by atoms with Crippen molar-refractivity contribution < 1.29 is 0 Å². The molecule has 0 saturated carbocycles. The molecule has 0 aliphatic carbocycles. The van der Waals surface area contributed by atoms with Gasteiger partial charge in [-0.3, -0.25) is 0 Å². The van der Waals surface area contributed by atoms with Gasteiger partial charge >= 0.3 is 0 Å². The van der Waals surface area contributed by atoms with Gasteiger partial charge in [-0.25, -0.2) is 0 Å². The lowest BCUT2D eigenvalue weighted by Gasteiger charge is -2.04. The zero-order valence-corrected chi connectivity index (χ0v) is 6.33. The van der Waals surface area contributed by atoms with Crippen LogP contribution in [-0.2, 0) is 0 Å². The third-order valence-corrected chi connectivity index (χ3v) is 1.37. The van der Waals surface area contributed by atoms with Crippen molar-refractivity contribution in [2.75, 3.05) is 0 Å². The topological polar surface area (TPSA) is 0 Å². The Bertz CT molecular complexity index is 149. The molecule has 0 N–H and O–H groups in total. The van der Waals surface area contributed by atoms with Gasteiger partial charge in [-0.05, 0) is 24.5 Å². The number of hydrogen-bond acceptors (Lipinski definition) is 0. The quantitative estimate of drug-likeness (QED) is 0.504. The average Bonchev–Trinajstić information content (AvgIpc) is 1.84. The molecule has 0 aromatic carbocycles. The minimum Gasteiger partial charge on any atom is -0.0955 e. The fourth-order valence-electron chi connectivity index (χ4n) is 0.515. The van der Waals surface area contributed by atoms with Crippen LogP contribution in [0.3, 0.4) is 0 Å². The van der Waals surface area contributed by atoms with Crippen molar-refractivity contribution >= 4 is 0 Å². The van der Waals surface area contributed by atoms with Crippen molar-refractivity contribution in [3.63, 3.8) is 0 Å². The van der Waals surface area contributed by atoms with Crippen LogP contribution in [0.2, 0.25) is 0 Å². The van der Waals surface area contributed by atoms with Crippen molar-refractivity contribution in [1.82, 2.24) is 0 Å². The molecule has 0 aromatic rings. The lowest BCUT2D eigenvalue weighted by Crippen LogP contribution is -1.84. The van der Waals surface area contributed by atoms with Crippen LogP contribution in [-0.4, -0.2) is 0 Å². The summed E-state index contributed by atoms with van der Waals surface area (Å²) in [6, 6.07) is 0. The first-order chi connectivity index (χ1) is 4.09. The molecule has 0 radical (unpaired) electrons. The first kappa shape index (κ1) is 8.22. The second kappa shape index (κ2) is 3.29. The van der Waals surface area contributed by atoms with Crippen LogP contribution in [0, 0.1) is 0 Å². The molecule has 0 heterocycles. The molecule has 0 aromatic heterocycles. The second-order valence-electron chi connectivity index (χ2n) is 2.22. The highest BCUT2D eigenvalue weighted by molar-refractivity contribution is 5.39. The molecule has 9 heavy (non-hydrogen) atoms. The minimum atomic E-state index is 0.964. The average molecular weight is 122 g/mol. The third-order valence-electron chi connectivity index (χ3n) is 1.37. The van der Waals surface area contributed by atoms with E-state index in [4.69, 9.17) is 0 Å². The van der Waals surface area contributed by atoms with Crippen molar-refractivity contribution in [1.29, 1.82) is 0 Å². The maximum Gasteiger partial charge on any atom is -0.0279 e. The highest BCUT2D eigenvalue weighted by Crippen LogP contribution is 2.15. The van der Waals surface area contributed by atoms with E-state index in [1.165, 1.54) is 0 Å². The Morgan fingerprint density at radius 1 is 1.22 bits per heavy atom. The Morgan fingerprint density at radius 2 is 1.67 bits per heavy atom. The molecule has 0 atom stereocenters. The molecule has 0 bridgehead atoms. The van der Waals surface area contributed by atoms with Crippen LogP contribution in [0.1, 0.15) is 20.3 Å². The Balaban J connectivity index is 4.05. The SMILES string of the molecule is C=C(C)C(=C)C(=C)CC. The number of allylic oxidation sites excluding steroid dienone is 3. The molecule has 0 nitrogen and oxygen atoms in total. The fraction of sp³-hybridized carbons (Fsp3) is 0.333. The predicted molar refractivity (Wildman–Crippen MR) is 43.4 cm³/mol. The summed E-state index contributed by atoms with van der Waals surface area (Å²) in [5.41, 5.74) is 3.10. The first-order valence-corrected chi connectivity index (χ1v) is 3.12. The molecule has 50 valence electrons. The molecule has 0 spiro atoms. The van der Waals surface area contributed by atoms with Crippen molar-refractivity contribution in [3.8, 4) is 0 Å². The standard InChI is InChI=1S/C9H14/c1-6-8(4)9(5)7(2)3/h2,4-6H2,1,3H3. The first-order valence-electron chi connectivity index (χ1n) is 3.12. The van der Waals surface area contributed by atoms with Crippen LogP contribution >= 0.6 is 0 Å². The molecule has 0 unspecified atom stereocenters. The monoisotopic (exact) mass is 122 g/mol. The van der Waals surface area contributed by atoms with Gasteiger partial charge in [-0.2, -0.15) is 0 Å². The van der Waals surface area contributed by atoms with Gasteiger partial charge in [0.2, 0.25) is 0 Å². The van der Waals surface area contributed by atoms with E-state index in [-0.39, 0.29) is 0 Å².